The first kappa shape index (κ1) is 18.9. The van der Waals surface area contributed by atoms with E-state index in [0.29, 0.717) is 5.76 Å². The highest BCUT2D eigenvalue weighted by atomic mass is 16.6. The number of rotatable bonds is 2. The molecule has 0 spiro atoms. The van der Waals surface area contributed by atoms with Gasteiger partial charge in [0.1, 0.15) is 23.0 Å². The molecule has 7 heteroatoms. The van der Waals surface area contributed by atoms with Gasteiger partial charge in [-0.05, 0) is 60.6 Å². The summed E-state index contributed by atoms with van der Waals surface area (Å²) in [6.07, 6.45) is 0.0427. The summed E-state index contributed by atoms with van der Waals surface area (Å²) < 4.78 is 15.8. The Labute approximate surface area is 136 Å². The van der Waals surface area contributed by atoms with E-state index in [1.807, 2.05) is 0 Å². The zero-order valence-electron chi connectivity index (χ0n) is 14.8. The van der Waals surface area contributed by atoms with Crippen molar-refractivity contribution in [3.05, 3.63) is 24.2 Å². The molecule has 0 fully saturated rings. The molecule has 7 nitrogen and oxygen atoms in total. The highest BCUT2D eigenvalue weighted by Gasteiger charge is 2.31. The highest BCUT2D eigenvalue weighted by Crippen LogP contribution is 2.22. The number of nitrogens with one attached hydrogen (secondary N) is 1. The summed E-state index contributed by atoms with van der Waals surface area (Å²) in [4.78, 5) is 24.4. The normalized spacial score (nSPS) is 13.2. The van der Waals surface area contributed by atoms with Gasteiger partial charge in [0, 0.05) is 0 Å². The minimum atomic E-state index is -0.748. The molecule has 2 amide bonds. The SMILES string of the molecule is CC(c1ccco1)N(NC(=O)OC(C)(C)C)C(=O)OC(C)(C)C. The van der Waals surface area contributed by atoms with Crippen LogP contribution in [0.5, 0.6) is 0 Å². The molecule has 0 aromatic carbocycles. The van der Waals surface area contributed by atoms with Gasteiger partial charge in [-0.3, -0.25) is 0 Å². The Balaban J connectivity index is 2.92. The Morgan fingerprint density at radius 2 is 1.70 bits per heavy atom. The molecule has 130 valence electrons. The molecular weight excluding hydrogens is 300 g/mol. The predicted molar refractivity (Wildman–Crippen MR) is 84.6 cm³/mol. The standard InChI is InChI=1S/C16H26N2O5/c1-11(12-9-8-10-21-12)18(14(20)23-16(5,6)7)17-13(19)22-15(2,3)4/h8-11H,1-7H3,(H,17,19). The molecule has 0 aliphatic rings. The number of amides is 2. The third-order valence-electron chi connectivity index (χ3n) is 2.54. The minimum absolute atomic E-state index is 0.506. The molecule has 0 bridgehead atoms. The average molecular weight is 326 g/mol. The van der Waals surface area contributed by atoms with Crippen molar-refractivity contribution in [1.29, 1.82) is 0 Å². The van der Waals surface area contributed by atoms with E-state index in [1.54, 1.807) is 60.6 Å². The van der Waals surface area contributed by atoms with Gasteiger partial charge in [-0.15, -0.1) is 0 Å². The Kier molecular flexibility index (Phi) is 5.69. The largest absolute Gasteiger partial charge is 0.467 e. The maximum Gasteiger partial charge on any atom is 0.429 e. The van der Waals surface area contributed by atoms with E-state index < -0.39 is 29.4 Å². The van der Waals surface area contributed by atoms with Crippen LogP contribution in [0.25, 0.3) is 0 Å². The van der Waals surface area contributed by atoms with Gasteiger partial charge in [0.05, 0.1) is 6.26 Å². The van der Waals surface area contributed by atoms with Gasteiger partial charge in [0.15, 0.2) is 0 Å². The molecule has 0 radical (unpaired) electrons. The molecule has 1 N–H and O–H groups in total. The lowest BCUT2D eigenvalue weighted by Crippen LogP contribution is -2.50. The lowest BCUT2D eigenvalue weighted by molar-refractivity contribution is -0.0101. The Morgan fingerprint density at radius 3 is 2.13 bits per heavy atom. The van der Waals surface area contributed by atoms with E-state index in [0.717, 1.165) is 5.01 Å². The van der Waals surface area contributed by atoms with E-state index in [2.05, 4.69) is 5.43 Å². The monoisotopic (exact) mass is 326 g/mol. The van der Waals surface area contributed by atoms with E-state index in [9.17, 15) is 9.59 Å². The second-order valence-electron chi connectivity index (χ2n) is 7.16. The van der Waals surface area contributed by atoms with Crippen molar-refractivity contribution in [2.24, 2.45) is 0 Å². The van der Waals surface area contributed by atoms with E-state index >= 15 is 0 Å². The minimum Gasteiger partial charge on any atom is -0.467 e. The van der Waals surface area contributed by atoms with Crippen molar-refractivity contribution < 1.29 is 23.5 Å². The van der Waals surface area contributed by atoms with Gasteiger partial charge < -0.3 is 13.9 Å². The Morgan fingerprint density at radius 1 is 1.13 bits per heavy atom. The van der Waals surface area contributed by atoms with E-state index in [-0.39, 0.29) is 0 Å². The summed E-state index contributed by atoms with van der Waals surface area (Å²) in [5, 5.41) is 1.05. The van der Waals surface area contributed by atoms with Crippen molar-refractivity contribution >= 4 is 12.2 Å². The van der Waals surface area contributed by atoms with Crippen molar-refractivity contribution in [1.82, 2.24) is 10.4 Å². The fraction of sp³-hybridized carbons (Fsp3) is 0.625. The lowest BCUT2D eigenvalue weighted by Gasteiger charge is -2.31. The number of hydrazine groups is 1. The number of hydrogen-bond donors (Lipinski definition) is 1. The van der Waals surface area contributed by atoms with Crippen LogP contribution in [0.1, 0.15) is 60.3 Å². The molecule has 1 aromatic heterocycles. The molecule has 23 heavy (non-hydrogen) atoms. The number of ether oxygens (including phenoxy) is 2. The molecule has 1 unspecified atom stereocenters. The second-order valence-corrected chi connectivity index (χ2v) is 7.16. The molecular formula is C16H26N2O5. The van der Waals surface area contributed by atoms with Crippen LogP contribution in [0.4, 0.5) is 9.59 Å². The van der Waals surface area contributed by atoms with Crippen LogP contribution in [-0.4, -0.2) is 28.4 Å². The third kappa shape index (κ3) is 6.63. The first-order valence-corrected chi connectivity index (χ1v) is 7.44. The van der Waals surface area contributed by atoms with Gasteiger partial charge in [-0.1, -0.05) is 0 Å². The summed E-state index contributed by atoms with van der Waals surface area (Å²) >= 11 is 0. The number of carbonyl (C=O) groups excluding carboxylic acids is 2. The Hall–Kier alpha value is -2.18. The zero-order chi connectivity index (χ0) is 17.8. The van der Waals surface area contributed by atoms with Crippen molar-refractivity contribution in [2.75, 3.05) is 0 Å². The summed E-state index contributed by atoms with van der Waals surface area (Å²) in [5.41, 5.74) is 1.04. The Bertz CT molecular complexity index is 526. The van der Waals surface area contributed by atoms with Crippen LogP contribution in [-0.2, 0) is 9.47 Å². The first-order chi connectivity index (χ1) is 10.4. The maximum absolute atomic E-state index is 12.4. The van der Waals surface area contributed by atoms with Crippen molar-refractivity contribution in [3.63, 3.8) is 0 Å². The maximum atomic E-state index is 12.4. The number of nitrogens with zero attached hydrogens (tertiary/aromatic N) is 1. The highest BCUT2D eigenvalue weighted by molar-refractivity contribution is 5.74. The number of hydrogen-bond acceptors (Lipinski definition) is 5. The van der Waals surface area contributed by atoms with Gasteiger partial charge >= 0.3 is 12.2 Å². The van der Waals surface area contributed by atoms with Crippen LogP contribution < -0.4 is 5.43 Å². The van der Waals surface area contributed by atoms with Crippen LogP contribution in [0.15, 0.2) is 22.8 Å². The summed E-state index contributed by atoms with van der Waals surface area (Å²) in [5.74, 6) is 0.506. The third-order valence-corrected chi connectivity index (χ3v) is 2.54. The summed E-state index contributed by atoms with van der Waals surface area (Å²) in [6, 6.07) is 2.85. The van der Waals surface area contributed by atoms with Gasteiger partial charge in [0.2, 0.25) is 0 Å². The molecule has 1 aromatic rings. The fourth-order valence-electron chi connectivity index (χ4n) is 1.67. The fourth-order valence-corrected chi connectivity index (χ4v) is 1.67. The van der Waals surface area contributed by atoms with Gasteiger partial charge in [0.25, 0.3) is 0 Å². The molecule has 0 aliphatic heterocycles. The smallest absolute Gasteiger partial charge is 0.429 e. The average Bonchev–Trinajstić information content (AvgIpc) is 2.84. The second kappa shape index (κ2) is 6.93. The quantitative estimate of drug-likeness (QED) is 0.830. The molecule has 0 aliphatic carbocycles. The zero-order valence-corrected chi connectivity index (χ0v) is 14.8. The van der Waals surface area contributed by atoms with Crippen LogP contribution in [0.3, 0.4) is 0 Å². The van der Waals surface area contributed by atoms with Gasteiger partial charge in [-0.25, -0.2) is 20.0 Å². The van der Waals surface area contributed by atoms with Crippen molar-refractivity contribution in [2.45, 2.75) is 65.7 Å². The number of carbonyl (C=O) groups is 2. The molecule has 1 atom stereocenters. The first-order valence-electron chi connectivity index (χ1n) is 7.44. The molecule has 0 saturated heterocycles. The lowest BCUT2D eigenvalue weighted by atomic mass is 10.2. The summed E-state index contributed by atoms with van der Waals surface area (Å²) in [7, 11) is 0. The van der Waals surface area contributed by atoms with Gasteiger partial charge in [-0.2, -0.15) is 0 Å². The van der Waals surface area contributed by atoms with Crippen LogP contribution in [0.2, 0.25) is 0 Å². The molecule has 0 saturated carbocycles. The van der Waals surface area contributed by atoms with E-state index in [4.69, 9.17) is 13.9 Å². The number of furan rings is 1. The van der Waals surface area contributed by atoms with Crippen LogP contribution in [0, 0.1) is 0 Å². The van der Waals surface area contributed by atoms with Crippen molar-refractivity contribution in [3.8, 4) is 0 Å². The molecule has 1 heterocycles. The topological polar surface area (TPSA) is 81.0 Å². The predicted octanol–water partition coefficient (Wildman–Crippen LogP) is 4.02. The van der Waals surface area contributed by atoms with Crippen LogP contribution >= 0.6 is 0 Å². The summed E-state index contributed by atoms with van der Waals surface area (Å²) in [6.45, 7) is 12.2. The van der Waals surface area contributed by atoms with E-state index in [1.165, 1.54) is 6.26 Å². The molecule has 1 rings (SSSR count).